The van der Waals surface area contributed by atoms with Gasteiger partial charge in [0.2, 0.25) is 0 Å². The van der Waals surface area contributed by atoms with E-state index >= 15 is 0 Å². The van der Waals surface area contributed by atoms with Crippen LogP contribution in [0.3, 0.4) is 0 Å². The fraction of sp³-hybridized carbons (Fsp3) is 0.167. The minimum absolute atomic E-state index is 0.190. The molecule has 0 saturated heterocycles. The number of carbonyl (C=O) groups is 1. The molecule has 0 atom stereocenters. The van der Waals surface area contributed by atoms with Crippen LogP contribution < -0.4 is 4.72 Å². The molecular formula is C18H16N2O6S. The highest BCUT2D eigenvalue weighted by atomic mass is 32.2. The van der Waals surface area contributed by atoms with Crippen molar-refractivity contribution in [2.45, 2.75) is 25.7 Å². The lowest BCUT2D eigenvalue weighted by molar-refractivity contribution is -0.385. The summed E-state index contributed by atoms with van der Waals surface area (Å²) in [5.41, 5.74) is 1.46. The van der Waals surface area contributed by atoms with Crippen molar-refractivity contribution in [3.05, 3.63) is 63.4 Å². The molecule has 0 saturated carbocycles. The Bertz CT molecular complexity index is 1190. The number of sulfonamides is 1. The average molecular weight is 388 g/mol. The van der Waals surface area contributed by atoms with Gasteiger partial charge in [-0.05, 0) is 44.5 Å². The molecule has 1 N–H and O–H groups in total. The third-order valence-corrected chi connectivity index (χ3v) is 5.47. The number of nitrogens with one attached hydrogen (secondary N) is 1. The fourth-order valence-electron chi connectivity index (χ4n) is 2.96. The lowest BCUT2D eigenvalue weighted by Gasteiger charge is -2.09. The second kappa shape index (κ2) is 6.51. The maximum atomic E-state index is 12.6. The Morgan fingerprint density at radius 2 is 1.89 bits per heavy atom. The Morgan fingerprint density at radius 3 is 2.52 bits per heavy atom. The maximum Gasteiger partial charge on any atom is 0.270 e. The molecule has 2 aromatic carbocycles. The van der Waals surface area contributed by atoms with E-state index in [9.17, 15) is 23.3 Å². The summed E-state index contributed by atoms with van der Waals surface area (Å²) in [4.78, 5) is 21.9. The monoisotopic (exact) mass is 388 g/mol. The van der Waals surface area contributed by atoms with Crippen molar-refractivity contribution in [1.29, 1.82) is 0 Å². The van der Waals surface area contributed by atoms with Gasteiger partial charge >= 0.3 is 0 Å². The number of Topliss-reactive ketones (excluding diaryl/α,β-unsaturated/α-hetero) is 1. The van der Waals surface area contributed by atoms with Crippen molar-refractivity contribution >= 4 is 38.2 Å². The van der Waals surface area contributed by atoms with E-state index in [-0.39, 0.29) is 22.1 Å². The molecule has 0 aliphatic rings. The Hall–Kier alpha value is -3.20. The molecule has 0 bridgehead atoms. The number of benzene rings is 2. The zero-order valence-corrected chi connectivity index (χ0v) is 15.6. The van der Waals surface area contributed by atoms with Crippen LogP contribution in [0.5, 0.6) is 0 Å². The SMILES string of the molecule is CC(=O)c1c(C)oc2c(C)cc(NS(=O)(=O)c3cccc([N+](=O)[O-])c3)cc12. The number of hydrogen-bond acceptors (Lipinski definition) is 6. The van der Waals surface area contributed by atoms with Gasteiger partial charge in [0.1, 0.15) is 11.3 Å². The van der Waals surface area contributed by atoms with E-state index in [1.807, 2.05) is 0 Å². The summed E-state index contributed by atoms with van der Waals surface area (Å²) in [6.45, 7) is 4.82. The first-order valence-electron chi connectivity index (χ1n) is 7.92. The van der Waals surface area contributed by atoms with Crippen molar-refractivity contribution in [1.82, 2.24) is 0 Å². The third-order valence-electron chi connectivity index (χ3n) is 4.09. The molecule has 0 aliphatic carbocycles. The number of anilines is 1. The number of non-ortho nitro benzene ring substituents is 1. The predicted octanol–water partition coefficient (Wildman–Crippen LogP) is 3.96. The summed E-state index contributed by atoms with van der Waals surface area (Å²) >= 11 is 0. The summed E-state index contributed by atoms with van der Waals surface area (Å²) in [7, 11) is -4.05. The number of ketones is 1. The molecule has 9 heteroatoms. The van der Waals surface area contributed by atoms with Gasteiger partial charge in [-0.25, -0.2) is 8.42 Å². The van der Waals surface area contributed by atoms with Gasteiger partial charge in [-0.1, -0.05) is 6.07 Å². The van der Waals surface area contributed by atoms with Crippen molar-refractivity contribution < 1.29 is 22.6 Å². The van der Waals surface area contributed by atoms with E-state index in [2.05, 4.69) is 4.72 Å². The van der Waals surface area contributed by atoms with Gasteiger partial charge in [0.25, 0.3) is 15.7 Å². The van der Waals surface area contributed by atoms with Crippen LogP contribution in [-0.4, -0.2) is 19.1 Å². The molecule has 0 radical (unpaired) electrons. The zero-order valence-electron chi connectivity index (χ0n) is 14.8. The standard InChI is InChI=1S/C18H16N2O6S/c1-10-7-13(8-16-17(11(2)21)12(3)26-18(10)16)19-27(24,25)15-6-4-5-14(9-15)20(22)23/h4-9,19H,1-3H3. The molecule has 0 amide bonds. The second-order valence-electron chi connectivity index (χ2n) is 6.12. The van der Waals surface area contributed by atoms with Crippen LogP contribution in [0.1, 0.15) is 28.6 Å². The van der Waals surface area contributed by atoms with Crippen LogP contribution >= 0.6 is 0 Å². The number of nitro groups is 1. The molecule has 1 heterocycles. The first kappa shape index (κ1) is 18.6. The summed E-state index contributed by atoms with van der Waals surface area (Å²) < 4.78 is 33.3. The van der Waals surface area contributed by atoms with Gasteiger partial charge < -0.3 is 4.42 Å². The molecular weight excluding hydrogens is 372 g/mol. The quantitative estimate of drug-likeness (QED) is 0.401. The molecule has 0 spiro atoms. The van der Waals surface area contributed by atoms with Crippen molar-refractivity contribution in [3.8, 4) is 0 Å². The van der Waals surface area contributed by atoms with Gasteiger partial charge in [0.05, 0.1) is 15.4 Å². The number of nitrogens with zero attached hydrogens (tertiary/aromatic N) is 1. The first-order chi connectivity index (χ1) is 12.6. The van der Waals surface area contributed by atoms with Crippen LogP contribution in [0.4, 0.5) is 11.4 Å². The summed E-state index contributed by atoms with van der Waals surface area (Å²) in [5.74, 6) is 0.267. The summed E-state index contributed by atoms with van der Waals surface area (Å²) in [6, 6.07) is 7.85. The minimum Gasteiger partial charge on any atom is -0.460 e. The number of nitro benzene ring substituents is 1. The molecule has 0 aliphatic heterocycles. The van der Waals surface area contributed by atoms with Gasteiger partial charge in [0, 0.05) is 23.2 Å². The van der Waals surface area contributed by atoms with Crippen molar-refractivity contribution in [2.75, 3.05) is 4.72 Å². The number of rotatable bonds is 5. The molecule has 0 fully saturated rings. The zero-order chi connectivity index (χ0) is 19.9. The molecule has 27 heavy (non-hydrogen) atoms. The molecule has 3 aromatic rings. The Balaban J connectivity index is 2.08. The molecule has 8 nitrogen and oxygen atoms in total. The van der Waals surface area contributed by atoms with Crippen LogP contribution in [-0.2, 0) is 10.0 Å². The number of furan rings is 1. The summed E-state index contributed by atoms with van der Waals surface area (Å²) in [6.07, 6.45) is 0. The van der Waals surface area contributed by atoms with E-state index in [1.165, 1.54) is 31.2 Å². The Kier molecular flexibility index (Phi) is 4.48. The van der Waals surface area contributed by atoms with E-state index in [1.54, 1.807) is 19.9 Å². The molecule has 140 valence electrons. The van der Waals surface area contributed by atoms with E-state index < -0.39 is 14.9 Å². The number of carbonyl (C=O) groups excluding carboxylic acids is 1. The van der Waals surface area contributed by atoms with Crippen LogP contribution in [0.25, 0.3) is 11.0 Å². The van der Waals surface area contributed by atoms with Gasteiger partial charge in [-0.15, -0.1) is 0 Å². The van der Waals surface area contributed by atoms with Crippen molar-refractivity contribution in [3.63, 3.8) is 0 Å². The third kappa shape index (κ3) is 3.41. The van der Waals surface area contributed by atoms with Gasteiger partial charge in [-0.3, -0.25) is 19.6 Å². The van der Waals surface area contributed by atoms with Gasteiger partial charge in [0.15, 0.2) is 5.78 Å². The lowest BCUT2D eigenvalue weighted by Crippen LogP contribution is -2.13. The summed E-state index contributed by atoms with van der Waals surface area (Å²) in [5, 5.41) is 11.4. The minimum atomic E-state index is -4.05. The van der Waals surface area contributed by atoms with E-state index in [0.717, 1.165) is 6.07 Å². The van der Waals surface area contributed by atoms with E-state index in [4.69, 9.17) is 4.42 Å². The number of fused-ring (bicyclic) bond motifs is 1. The van der Waals surface area contributed by atoms with E-state index in [0.29, 0.717) is 27.9 Å². The van der Waals surface area contributed by atoms with Gasteiger partial charge in [-0.2, -0.15) is 0 Å². The van der Waals surface area contributed by atoms with Crippen molar-refractivity contribution in [2.24, 2.45) is 0 Å². The fourth-order valence-corrected chi connectivity index (χ4v) is 4.04. The molecule has 1 aromatic heterocycles. The smallest absolute Gasteiger partial charge is 0.270 e. The largest absolute Gasteiger partial charge is 0.460 e. The lowest BCUT2D eigenvalue weighted by atomic mass is 10.0. The van der Waals surface area contributed by atoms with Crippen LogP contribution in [0.2, 0.25) is 0 Å². The van der Waals surface area contributed by atoms with Crippen LogP contribution in [0.15, 0.2) is 45.7 Å². The molecule has 3 rings (SSSR count). The highest BCUT2D eigenvalue weighted by molar-refractivity contribution is 7.92. The average Bonchev–Trinajstić information content (AvgIpc) is 2.91. The molecule has 0 unspecified atom stereocenters. The maximum absolute atomic E-state index is 12.6. The Morgan fingerprint density at radius 1 is 1.19 bits per heavy atom. The predicted molar refractivity (Wildman–Crippen MR) is 99.6 cm³/mol. The number of aryl methyl sites for hydroxylation is 2. The highest BCUT2D eigenvalue weighted by Crippen LogP contribution is 2.32. The first-order valence-corrected chi connectivity index (χ1v) is 9.40. The Labute approximate surface area is 155 Å². The normalized spacial score (nSPS) is 11.5. The highest BCUT2D eigenvalue weighted by Gasteiger charge is 2.21. The topological polar surface area (TPSA) is 120 Å². The second-order valence-corrected chi connectivity index (χ2v) is 7.80. The number of hydrogen-bond donors (Lipinski definition) is 1. The van der Waals surface area contributed by atoms with Crippen LogP contribution in [0, 0.1) is 24.0 Å².